The second-order valence-electron chi connectivity index (χ2n) is 4.66. The standard InChI is InChI=1S/C16H18N2O/c1-12-5-7-13(8-6-12)9-10-16(19)18-15-4-2-3-14(17)11-15/h2-8,11H,9-10,17H2,1H3,(H,18,19). The summed E-state index contributed by atoms with van der Waals surface area (Å²) in [6.45, 7) is 2.05. The minimum atomic E-state index is 0.00572. The molecule has 0 saturated heterocycles. The van der Waals surface area contributed by atoms with E-state index in [0.29, 0.717) is 12.1 Å². The van der Waals surface area contributed by atoms with Crippen molar-refractivity contribution in [3.05, 3.63) is 59.7 Å². The van der Waals surface area contributed by atoms with Crippen molar-refractivity contribution < 1.29 is 4.79 Å². The van der Waals surface area contributed by atoms with E-state index in [1.165, 1.54) is 11.1 Å². The Morgan fingerprint density at radius 1 is 1.16 bits per heavy atom. The molecule has 0 aliphatic carbocycles. The van der Waals surface area contributed by atoms with Gasteiger partial charge in [-0.2, -0.15) is 0 Å². The lowest BCUT2D eigenvalue weighted by Gasteiger charge is -2.06. The number of carbonyl (C=O) groups excluding carboxylic acids is 1. The van der Waals surface area contributed by atoms with E-state index in [0.717, 1.165) is 12.1 Å². The molecule has 3 N–H and O–H groups in total. The minimum Gasteiger partial charge on any atom is -0.399 e. The number of carbonyl (C=O) groups is 1. The zero-order valence-electron chi connectivity index (χ0n) is 11.0. The van der Waals surface area contributed by atoms with Crippen LogP contribution in [0.4, 0.5) is 11.4 Å². The number of rotatable bonds is 4. The summed E-state index contributed by atoms with van der Waals surface area (Å²) in [6, 6.07) is 15.4. The molecule has 0 spiro atoms. The lowest BCUT2D eigenvalue weighted by Crippen LogP contribution is -2.12. The summed E-state index contributed by atoms with van der Waals surface area (Å²) in [5.41, 5.74) is 9.46. The summed E-state index contributed by atoms with van der Waals surface area (Å²) < 4.78 is 0. The van der Waals surface area contributed by atoms with Crippen LogP contribution < -0.4 is 11.1 Å². The molecular weight excluding hydrogens is 236 g/mol. The molecule has 0 aliphatic rings. The van der Waals surface area contributed by atoms with Crippen LogP contribution in [0.3, 0.4) is 0 Å². The number of hydrogen-bond donors (Lipinski definition) is 2. The van der Waals surface area contributed by atoms with Crippen LogP contribution in [0.5, 0.6) is 0 Å². The van der Waals surface area contributed by atoms with E-state index in [2.05, 4.69) is 36.5 Å². The fourth-order valence-corrected chi connectivity index (χ4v) is 1.85. The Balaban J connectivity index is 1.86. The molecule has 2 rings (SSSR count). The average Bonchev–Trinajstić information content (AvgIpc) is 2.38. The Morgan fingerprint density at radius 3 is 2.58 bits per heavy atom. The SMILES string of the molecule is Cc1ccc(CCC(=O)Nc2cccc(N)c2)cc1. The average molecular weight is 254 g/mol. The summed E-state index contributed by atoms with van der Waals surface area (Å²) >= 11 is 0. The van der Waals surface area contributed by atoms with Crippen molar-refractivity contribution in [2.45, 2.75) is 19.8 Å². The van der Waals surface area contributed by atoms with E-state index in [-0.39, 0.29) is 5.91 Å². The summed E-state index contributed by atoms with van der Waals surface area (Å²) in [7, 11) is 0. The van der Waals surface area contributed by atoms with Gasteiger partial charge in [-0.15, -0.1) is 0 Å². The van der Waals surface area contributed by atoms with Crippen LogP contribution in [0.25, 0.3) is 0 Å². The third-order valence-corrected chi connectivity index (χ3v) is 2.93. The van der Waals surface area contributed by atoms with Crippen molar-refractivity contribution >= 4 is 17.3 Å². The van der Waals surface area contributed by atoms with Gasteiger partial charge in [-0.05, 0) is 37.1 Å². The highest BCUT2D eigenvalue weighted by Crippen LogP contribution is 2.12. The molecular formula is C16H18N2O. The number of nitrogens with one attached hydrogen (secondary N) is 1. The molecule has 1 amide bonds. The number of benzene rings is 2. The Labute approximate surface area is 113 Å². The summed E-state index contributed by atoms with van der Waals surface area (Å²) in [4.78, 5) is 11.8. The maximum absolute atomic E-state index is 11.8. The number of aryl methyl sites for hydroxylation is 2. The first-order chi connectivity index (χ1) is 9.13. The van der Waals surface area contributed by atoms with Crippen LogP contribution in [0.15, 0.2) is 48.5 Å². The highest BCUT2D eigenvalue weighted by molar-refractivity contribution is 5.91. The predicted molar refractivity (Wildman–Crippen MR) is 79.0 cm³/mol. The minimum absolute atomic E-state index is 0.00572. The van der Waals surface area contributed by atoms with Crippen molar-refractivity contribution in [2.24, 2.45) is 0 Å². The van der Waals surface area contributed by atoms with E-state index in [4.69, 9.17) is 5.73 Å². The lowest BCUT2D eigenvalue weighted by atomic mass is 10.1. The van der Waals surface area contributed by atoms with Gasteiger partial charge in [0.05, 0.1) is 0 Å². The van der Waals surface area contributed by atoms with Gasteiger partial charge in [-0.1, -0.05) is 35.9 Å². The molecule has 98 valence electrons. The normalized spacial score (nSPS) is 10.2. The molecule has 0 fully saturated rings. The monoisotopic (exact) mass is 254 g/mol. The Hall–Kier alpha value is -2.29. The molecule has 0 heterocycles. The maximum atomic E-state index is 11.8. The molecule has 19 heavy (non-hydrogen) atoms. The van der Waals surface area contributed by atoms with Crippen molar-refractivity contribution in [1.82, 2.24) is 0 Å². The van der Waals surface area contributed by atoms with Gasteiger partial charge in [-0.25, -0.2) is 0 Å². The fraction of sp³-hybridized carbons (Fsp3) is 0.188. The van der Waals surface area contributed by atoms with Crippen LogP contribution in [0, 0.1) is 6.92 Å². The van der Waals surface area contributed by atoms with Crippen molar-refractivity contribution in [3.63, 3.8) is 0 Å². The quantitative estimate of drug-likeness (QED) is 0.823. The highest BCUT2D eigenvalue weighted by Gasteiger charge is 2.03. The van der Waals surface area contributed by atoms with Gasteiger partial charge >= 0.3 is 0 Å². The maximum Gasteiger partial charge on any atom is 0.224 e. The highest BCUT2D eigenvalue weighted by atomic mass is 16.1. The van der Waals surface area contributed by atoms with Crippen LogP contribution in [0.1, 0.15) is 17.5 Å². The largest absolute Gasteiger partial charge is 0.399 e. The molecule has 0 bridgehead atoms. The van der Waals surface area contributed by atoms with Gasteiger partial charge in [0.1, 0.15) is 0 Å². The zero-order chi connectivity index (χ0) is 13.7. The first-order valence-electron chi connectivity index (χ1n) is 6.34. The third-order valence-electron chi connectivity index (χ3n) is 2.93. The molecule has 2 aromatic rings. The van der Waals surface area contributed by atoms with Crippen molar-refractivity contribution in [2.75, 3.05) is 11.1 Å². The second kappa shape index (κ2) is 6.05. The molecule has 0 atom stereocenters. The first kappa shape index (κ1) is 13.1. The molecule has 0 saturated carbocycles. The fourth-order valence-electron chi connectivity index (χ4n) is 1.85. The van der Waals surface area contributed by atoms with E-state index in [1.807, 2.05) is 12.1 Å². The Morgan fingerprint density at radius 2 is 1.89 bits per heavy atom. The van der Waals surface area contributed by atoms with Crippen molar-refractivity contribution in [3.8, 4) is 0 Å². The van der Waals surface area contributed by atoms with Gasteiger partial charge in [-0.3, -0.25) is 4.79 Å². The summed E-state index contributed by atoms with van der Waals surface area (Å²) in [6.07, 6.45) is 1.21. The molecule has 0 unspecified atom stereocenters. The third kappa shape index (κ3) is 4.14. The van der Waals surface area contributed by atoms with E-state index < -0.39 is 0 Å². The van der Waals surface area contributed by atoms with E-state index in [9.17, 15) is 4.79 Å². The van der Waals surface area contributed by atoms with Crippen LogP contribution in [0.2, 0.25) is 0 Å². The van der Waals surface area contributed by atoms with Gasteiger partial charge in [0, 0.05) is 17.8 Å². The number of nitrogen functional groups attached to an aromatic ring is 1. The topological polar surface area (TPSA) is 55.1 Å². The van der Waals surface area contributed by atoms with E-state index >= 15 is 0 Å². The molecule has 2 aromatic carbocycles. The van der Waals surface area contributed by atoms with Gasteiger partial charge < -0.3 is 11.1 Å². The second-order valence-corrected chi connectivity index (χ2v) is 4.66. The Bertz CT molecular complexity index is 561. The zero-order valence-corrected chi connectivity index (χ0v) is 11.0. The van der Waals surface area contributed by atoms with E-state index in [1.54, 1.807) is 12.1 Å². The van der Waals surface area contributed by atoms with Crippen LogP contribution in [-0.4, -0.2) is 5.91 Å². The number of hydrogen-bond acceptors (Lipinski definition) is 2. The number of anilines is 2. The van der Waals surface area contributed by atoms with Gasteiger partial charge in [0.15, 0.2) is 0 Å². The lowest BCUT2D eigenvalue weighted by molar-refractivity contribution is -0.116. The molecule has 0 aliphatic heterocycles. The molecule has 0 aromatic heterocycles. The van der Waals surface area contributed by atoms with Crippen LogP contribution in [-0.2, 0) is 11.2 Å². The summed E-state index contributed by atoms with van der Waals surface area (Å²) in [5.74, 6) is 0.00572. The smallest absolute Gasteiger partial charge is 0.224 e. The molecule has 3 heteroatoms. The first-order valence-corrected chi connectivity index (χ1v) is 6.34. The predicted octanol–water partition coefficient (Wildman–Crippen LogP) is 3.15. The van der Waals surface area contributed by atoms with Gasteiger partial charge in [0.2, 0.25) is 5.91 Å². The Kier molecular flexibility index (Phi) is 4.18. The van der Waals surface area contributed by atoms with Crippen molar-refractivity contribution in [1.29, 1.82) is 0 Å². The van der Waals surface area contributed by atoms with Gasteiger partial charge in [0.25, 0.3) is 0 Å². The number of amides is 1. The number of nitrogens with two attached hydrogens (primary N) is 1. The van der Waals surface area contributed by atoms with Crippen LogP contribution >= 0.6 is 0 Å². The summed E-state index contributed by atoms with van der Waals surface area (Å²) in [5, 5.41) is 2.85. The molecule has 3 nitrogen and oxygen atoms in total. The molecule has 0 radical (unpaired) electrons.